The fraction of sp³-hybridized carbons (Fsp3) is 0.381. The third-order valence-corrected chi connectivity index (χ3v) is 6.12. The number of thioether (sulfide) groups is 1. The molecule has 4 nitrogen and oxygen atoms in total. The highest BCUT2D eigenvalue weighted by atomic mass is 35.5. The highest BCUT2D eigenvalue weighted by Gasteiger charge is 2.20. The number of rotatable bonds is 4. The van der Waals surface area contributed by atoms with Gasteiger partial charge in [0.1, 0.15) is 16.9 Å². The zero-order valence-electron chi connectivity index (χ0n) is 15.6. The highest BCUT2D eigenvalue weighted by Crippen LogP contribution is 2.30. The minimum absolute atomic E-state index is 0.0480. The molecule has 3 rings (SSSR count). The van der Waals surface area contributed by atoms with Crippen LogP contribution in [0.5, 0.6) is 0 Å². The Morgan fingerprint density at radius 2 is 2.04 bits per heavy atom. The Hall–Kier alpha value is -2.10. The molecule has 146 valence electrons. The summed E-state index contributed by atoms with van der Waals surface area (Å²) < 4.78 is 13.3. The Bertz CT molecular complexity index is 929. The maximum absolute atomic E-state index is 13.3. The molecule has 1 atom stereocenters. The van der Waals surface area contributed by atoms with Crippen molar-refractivity contribution >= 4 is 35.0 Å². The predicted molar refractivity (Wildman–Crippen MR) is 110 cm³/mol. The number of hydrogen-bond donors (Lipinski definition) is 1. The molecule has 1 aliphatic rings. The average Bonchev–Trinajstić information content (AvgIpc) is 2.65. The number of anilines is 1. The standard InChI is InChI=1S/C21H21ClFN3OS/c1-13(20(27)25-16-8-9-18(23)17(22)11-16)28-21-15(12-24)10-14-6-4-2-3-5-7-19(14)26-21/h8-11,13H,2-7H2,1H3,(H,25,27). The van der Waals surface area contributed by atoms with Crippen LogP contribution in [0.3, 0.4) is 0 Å². The van der Waals surface area contributed by atoms with Gasteiger partial charge in [0.05, 0.1) is 15.8 Å². The average molecular weight is 418 g/mol. The Labute approximate surface area is 173 Å². The molecule has 0 saturated carbocycles. The van der Waals surface area contributed by atoms with Gasteiger partial charge in [-0.1, -0.05) is 36.2 Å². The molecule has 0 bridgehead atoms. The Balaban J connectivity index is 1.75. The Morgan fingerprint density at radius 1 is 1.29 bits per heavy atom. The van der Waals surface area contributed by atoms with Gasteiger partial charge in [-0.05, 0) is 62.4 Å². The van der Waals surface area contributed by atoms with Crippen molar-refractivity contribution in [2.45, 2.75) is 55.7 Å². The molecule has 1 N–H and O–H groups in total. The molecule has 1 unspecified atom stereocenters. The number of benzene rings is 1. The second-order valence-electron chi connectivity index (χ2n) is 6.85. The number of nitriles is 1. The van der Waals surface area contributed by atoms with Gasteiger partial charge in [-0.2, -0.15) is 5.26 Å². The largest absolute Gasteiger partial charge is 0.325 e. The van der Waals surface area contributed by atoms with Crippen LogP contribution in [0.2, 0.25) is 5.02 Å². The monoisotopic (exact) mass is 417 g/mol. The second-order valence-corrected chi connectivity index (χ2v) is 8.59. The Kier molecular flexibility index (Phi) is 6.93. The summed E-state index contributed by atoms with van der Waals surface area (Å²) in [7, 11) is 0. The van der Waals surface area contributed by atoms with E-state index in [1.807, 2.05) is 6.07 Å². The molecular formula is C21H21ClFN3OS. The number of aryl methyl sites for hydroxylation is 2. The summed E-state index contributed by atoms with van der Waals surface area (Å²) in [6, 6.07) is 8.19. The van der Waals surface area contributed by atoms with E-state index in [1.54, 1.807) is 6.92 Å². The van der Waals surface area contributed by atoms with Crippen molar-refractivity contribution in [3.8, 4) is 6.07 Å². The van der Waals surface area contributed by atoms with Crippen LogP contribution >= 0.6 is 23.4 Å². The van der Waals surface area contributed by atoms with Crippen molar-refractivity contribution in [3.63, 3.8) is 0 Å². The van der Waals surface area contributed by atoms with E-state index in [1.165, 1.54) is 42.8 Å². The molecule has 1 aromatic heterocycles. The molecular weight excluding hydrogens is 397 g/mol. The smallest absolute Gasteiger partial charge is 0.237 e. The summed E-state index contributed by atoms with van der Waals surface area (Å²) in [4.78, 5) is 17.3. The van der Waals surface area contributed by atoms with E-state index < -0.39 is 11.1 Å². The van der Waals surface area contributed by atoms with Crippen LogP contribution in [-0.4, -0.2) is 16.1 Å². The number of nitrogens with one attached hydrogen (secondary N) is 1. The number of aromatic nitrogens is 1. The van der Waals surface area contributed by atoms with Gasteiger partial charge in [0.25, 0.3) is 0 Å². The zero-order valence-corrected chi connectivity index (χ0v) is 17.2. The quantitative estimate of drug-likeness (QED) is 0.664. The first-order valence-electron chi connectivity index (χ1n) is 9.33. The topological polar surface area (TPSA) is 65.8 Å². The fourth-order valence-corrected chi connectivity index (χ4v) is 4.25. The lowest BCUT2D eigenvalue weighted by atomic mass is 9.96. The number of nitrogens with zero attached hydrogens (tertiary/aromatic N) is 2. The van der Waals surface area contributed by atoms with Crippen molar-refractivity contribution in [3.05, 3.63) is 51.9 Å². The number of fused-ring (bicyclic) bond motifs is 1. The van der Waals surface area contributed by atoms with Gasteiger partial charge in [-0.15, -0.1) is 0 Å². The van der Waals surface area contributed by atoms with E-state index in [4.69, 9.17) is 16.6 Å². The molecule has 1 heterocycles. The van der Waals surface area contributed by atoms with Crippen molar-refractivity contribution in [2.75, 3.05) is 5.32 Å². The molecule has 7 heteroatoms. The minimum atomic E-state index is -0.536. The van der Waals surface area contributed by atoms with Crippen LogP contribution in [0.4, 0.5) is 10.1 Å². The van der Waals surface area contributed by atoms with Gasteiger partial charge in [-0.25, -0.2) is 9.37 Å². The maximum Gasteiger partial charge on any atom is 0.237 e. The number of hydrogen-bond acceptors (Lipinski definition) is 4. The lowest BCUT2D eigenvalue weighted by Crippen LogP contribution is -2.22. The highest BCUT2D eigenvalue weighted by molar-refractivity contribution is 8.00. The van der Waals surface area contributed by atoms with Crippen molar-refractivity contribution in [2.24, 2.45) is 0 Å². The third-order valence-electron chi connectivity index (χ3n) is 4.73. The lowest BCUT2D eigenvalue weighted by Gasteiger charge is -2.17. The number of carbonyl (C=O) groups excluding carboxylic acids is 1. The first-order valence-corrected chi connectivity index (χ1v) is 10.6. The SMILES string of the molecule is CC(Sc1nc2c(cc1C#N)CCCCCC2)C(=O)Nc1ccc(F)c(Cl)c1. The maximum atomic E-state index is 13.3. The molecule has 2 aromatic rings. The first-order chi connectivity index (χ1) is 13.5. The zero-order chi connectivity index (χ0) is 20.1. The number of pyridine rings is 1. The van der Waals surface area contributed by atoms with Gasteiger partial charge >= 0.3 is 0 Å². The summed E-state index contributed by atoms with van der Waals surface area (Å²) >= 11 is 7.02. The van der Waals surface area contributed by atoms with Crippen LogP contribution < -0.4 is 5.32 Å². The molecule has 1 amide bonds. The van der Waals surface area contributed by atoms with Crippen LogP contribution in [0.15, 0.2) is 29.3 Å². The van der Waals surface area contributed by atoms with Crippen LogP contribution in [0.25, 0.3) is 0 Å². The van der Waals surface area contributed by atoms with Crippen molar-refractivity contribution in [1.82, 2.24) is 4.98 Å². The van der Waals surface area contributed by atoms with Crippen LogP contribution in [0, 0.1) is 17.1 Å². The summed E-state index contributed by atoms with van der Waals surface area (Å²) in [6.45, 7) is 1.75. The lowest BCUT2D eigenvalue weighted by molar-refractivity contribution is -0.115. The van der Waals surface area contributed by atoms with Gasteiger partial charge < -0.3 is 5.32 Å². The van der Waals surface area contributed by atoms with Crippen LogP contribution in [0.1, 0.15) is 49.4 Å². The predicted octanol–water partition coefficient (Wildman–Crippen LogP) is 5.52. The molecule has 1 aliphatic carbocycles. The summed E-state index contributed by atoms with van der Waals surface area (Å²) in [5, 5.41) is 12.3. The van der Waals surface area contributed by atoms with Gasteiger partial charge in [-0.3, -0.25) is 4.79 Å². The summed E-state index contributed by atoms with van der Waals surface area (Å²) in [5.41, 5.74) is 3.13. The van der Waals surface area contributed by atoms with E-state index in [-0.39, 0.29) is 10.9 Å². The van der Waals surface area contributed by atoms with Crippen LogP contribution in [-0.2, 0) is 17.6 Å². The van der Waals surface area contributed by atoms with Gasteiger partial charge in [0.15, 0.2) is 0 Å². The van der Waals surface area contributed by atoms with E-state index >= 15 is 0 Å². The van der Waals surface area contributed by atoms with E-state index in [0.29, 0.717) is 16.3 Å². The van der Waals surface area contributed by atoms with Crippen molar-refractivity contribution in [1.29, 1.82) is 5.26 Å². The van der Waals surface area contributed by atoms with Crippen molar-refractivity contribution < 1.29 is 9.18 Å². The molecule has 0 saturated heterocycles. The summed E-state index contributed by atoms with van der Waals surface area (Å²) in [5.74, 6) is -0.796. The van der Waals surface area contributed by atoms with E-state index in [2.05, 4.69) is 11.4 Å². The molecule has 0 radical (unpaired) electrons. The third kappa shape index (κ3) is 5.03. The normalized spacial score (nSPS) is 14.9. The Morgan fingerprint density at radius 3 is 2.75 bits per heavy atom. The first kappa shape index (κ1) is 20.6. The minimum Gasteiger partial charge on any atom is -0.325 e. The van der Waals surface area contributed by atoms with Gasteiger partial charge in [0.2, 0.25) is 5.91 Å². The molecule has 1 aromatic carbocycles. The summed E-state index contributed by atoms with van der Waals surface area (Å²) in [6.07, 6.45) is 6.47. The molecule has 28 heavy (non-hydrogen) atoms. The number of carbonyl (C=O) groups is 1. The second kappa shape index (κ2) is 9.40. The number of halogens is 2. The van der Waals surface area contributed by atoms with Gasteiger partial charge in [0, 0.05) is 11.4 Å². The molecule has 0 spiro atoms. The molecule has 0 fully saturated rings. The van der Waals surface area contributed by atoms with E-state index in [9.17, 15) is 14.4 Å². The fourth-order valence-electron chi connectivity index (χ4n) is 3.18. The van der Waals surface area contributed by atoms with E-state index in [0.717, 1.165) is 36.9 Å². The number of amides is 1. The molecule has 0 aliphatic heterocycles.